The zero-order chi connectivity index (χ0) is 19.3. The van der Waals surface area contributed by atoms with E-state index in [9.17, 15) is 4.39 Å². The van der Waals surface area contributed by atoms with Gasteiger partial charge in [-0.25, -0.2) is 14.4 Å². The molecule has 0 unspecified atom stereocenters. The highest BCUT2D eigenvalue weighted by Crippen LogP contribution is 2.42. The fraction of sp³-hybridized carbons (Fsp3) is 0.286. The molecule has 0 bridgehead atoms. The van der Waals surface area contributed by atoms with E-state index in [0.29, 0.717) is 17.0 Å². The van der Waals surface area contributed by atoms with Crippen LogP contribution < -0.4 is 0 Å². The van der Waals surface area contributed by atoms with E-state index < -0.39 is 0 Å². The minimum atomic E-state index is -0.263. The molecule has 0 N–H and O–H groups in total. The van der Waals surface area contributed by atoms with Crippen molar-refractivity contribution in [2.45, 2.75) is 31.1 Å². The number of nitrogens with zero attached hydrogens (tertiary/aromatic N) is 4. The van der Waals surface area contributed by atoms with Crippen molar-refractivity contribution in [3.63, 3.8) is 0 Å². The smallest absolute Gasteiger partial charge is 0.229 e. The van der Waals surface area contributed by atoms with Gasteiger partial charge in [0.05, 0.1) is 17.1 Å². The number of thioether (sulfide) groups is 1. The molecule has 0 saturated heterocycles. The maximum absolute atomic E-state index is 13.5. The Morgan fingerprint density at radius 1 is 1.14 bits per heavy atom. The van der Waals surface area contributed by atoms with Crippen LogP contribution in [0.5, 0.6) is 0 Å². The average molecular weight is 394 g/mol. The standard InChI is InChI=1S/C21H19FN4OS/c1-12-7-17-20(23-11-24-21(17)27-12)18-10-26(15-8-16(9-15)28-2)25-19(18)13-3-5-14(22)6-4-13/h3-7,10-11,15-16H,8-9H2,1-2H3. The largest absolute Gasteiger partial charge is 0.443 e. The van der Waals surface area contributed by atoms with Gasteiger partial charge < -0.3 is 4.42 Å². The van der Waals surface area contributed by atoms with Gasteiger partial charge in [-0.3, -0.25) is 4.68 Å². The van der Waals surface area contributed by atoms with E-state index in [1.54, 1.807) is 12.1 Å². The summed E-state index contributed by atoms with van der Waals surface area (Å²) in [4.78, 5) is 8.77. The molecule has 0 spiro atoms. The lowest BCUT2D eigenvalue weighted by Gasteiger charge is -2.34. The Kier molecular flexibility index (Phi) is 4.19. The Labute approximate surface area is 166 Å². The third kappa shape index (κ3) is 2.90. The van der Waals surface area contributed by atoms with E-state index in [1.165, 1.54) is 18.5 Å². The summed E-state index contributed by atoms with van der Waals surface area (Å²) in [6, 6.07) is 8.77. The lowest BCUT2D eigenvalue weighted by molar-refractivity contribution is 0.301. The molecular weight excluding hydrogens is 375 g/mol. The molecule has 1 fully saturated rings. The molecule has 0 amide bonds. The van der Waals surface area contributed by atoms with E-state index in [-0.39, 0.29) is 5.82 Å². The molecule has 1 aliphatic rings. The molecule has 1 aromatic carbocycles. The van der Waals surface area contributed by atoms with Crippen LogP contribution in [0, 0.1) is 12.7 Å². The predicted octanol–water partition coefficient (Wildman–Crippen LogP) is 5.27. The van der Waals surface area contributed by atoms with Gasteiger partial charge in [0.2, 0.25) is 5.71 Å². The van der Waals surface area contributed by atoms with Crippen molar-refractivity contribution in [1.29, 1.82) is 0 Å². The molecule has 7 heteroatoms. The number of halogens is 1. The Balaban J connectivity index is 1.66. The van der Waals surface area contributed by atoms with Crippen LogP contribution in [-0.2, 0) is 0 Å². The number of benzene rings is 1. The van der Waals surface area contributed by atoms with Crippen molar-refractivity contribution in [2.24, 2.45) is 0 Å². The average Bonchev–Trinajstić information content (AvgIpc) is 3.24. The van der Waals surface area contributed by atoms with Gasteiger partial charge in [-0.2, -0.15) is 16.9 Å². The summed E-state index contributed by atoms with van der Waals surface area (Å²) < 4.78 is 21.2. The van der Waals surface area contributed by atoms with Crippen LogP contribution in [-0.4, -0.2) is 31.3 Å². The highest BCUT2D eigenvalue weighted by Gasteiger charge is 2.31. The number of furan rings is 1. The summed E-state index contributed by atoms with van der Waals surface area (Å²) in [7, 11) is 0. The van der Waals surface area contributed by atoms with Gasteiger partial charge in [-0.1, -0.05) is 0 Å². The molecule has 0 radical (unpaired) electrons. The molecule has 3 heterocycles. The van der Waals surface area contributed by atoms with Crippen LogP contribution >= 0.6 is 11.8 Å². The summed E-state index contributed by atoms with van der Waals surface area (Å²) in [6.07, 6.45) is 7.94. The monoisotopic (exact) mass is 394 g/mol. The quantitative estimate of drug-likeness (QED) is 0.472. The molecule has 4 aromatic rings. The van der Waals surface area contributed by atoms with Crippen molar-refractivity contribution in [2.75, 3.05) is 6.26 Å². The Morgan fingerprint density at radius 3 is 2.68 bits per heavy atom. The Bertz CT molecular complexity index is 1150. The molecule has 3 aromatic heterocycles. The summed E-state index contributed by atoms with van der Waals surface area (Å²) in [5.74, 6) is 0.524. The van der Waals surface area contributed by atoms with Gasteiger partial charge >= 0.3 is 0 Å². The molecule has 1 saturated carbocycles. The molecule has 1 aliphatic carbocycles. The van der Waals surface area contributed by atoms with Crippen LogP contribution in [0.15, 0.2) is 47.3 Å². The maximum atomic E-state index is 13.5. The first kappa shape index (κ1) is 17.4. The normalized spacial score (nSPS) is 19.1. The third-order valence-electron chi connectivity index (χ3n) is 5.33. The first-order valence-corrected chi connectivity index (χ1v) is 10.5. The topological polar surface area (TPSA) is 56.7 Å². The van der Waals surface area contributed by atoms with Crippen molar-refractivity contribution in [3.8, 4) is 22.5 Å². The van der Waals surface area contributed by atoms with E-state index in [2.05, 4.69) is 22.4 Å². The van der Waals surface area contributed by atoms with Crippen LogP contribution in [0.3, 0.4) is 0 Å². The molecule has 0 aliphatic heterocycles. The summed E-state index contributed by atoms with van der Waals surface area (Å²) in [5.41, 5.74) is 3.92. The molecule has 28 heavy (non-hydrogen) atoms. The lowest BCUT2D eigenvalue weighted by atomic mass is 9.92. The minimum Gasteiger partial charge on any atom is -0.443 e. The summed E-state index contributed by atoms with van der Waals surface area (Å²) in [6.45, 7) is 1.90. The van der Waals surface area contributed by atoms with Gasteiger partial charge in [0.15, 0.2) is 0 Å². The molecule has 142 valence electrons. The maximum Gasteiger partial charge on any atom is 0.229 e. The van der Waals surface area contributed by atoms with Gasteiger partial charge in [0.1, 0.15) is 23.6 Å². The van der Waals surface area contributed by atoms with Crippen molar-refractivity contribution in [1.82, 2.24) is 19.7 Å². The second kappa shape index (κ2) is 6.74. The van der Waals surface area contributed by atoms with E-state index in [1.807, 2.05) is 29.4 Å². The fourth-order valence-electron chi connectivity index (χ4n) is 3.71. The van der Waals surface area contributed by atoms with Gasteiger partial charge in [-0.15, -0.1) is 0 Å². The predicted molar refractivity (Wildman–Crippen MR) is 109 cm³/mol. The van der Waals surface area contributed by atoms with Gasteiger partial charge in [-0.05, 0) is 56.4 Å². The van der Waals surface area contributed by atoms with Crippen LogP contribution in [0.1, 0.15) is 24.6 Å². The summed E-state index contributed by atoms with van der Waals surface area (Å²) >= 11 is 1.90. The summed E-state index contributed by atoms with van der Waals surface area (Å²) in [5, 5.41) is 6.43. The molecule has 5 rings (SSSR count). The van der Waals surface area contributed by atoms with Crippen molar-refractivity contribution >= 4 is 22.9 Å². The highest BCUT2D eigenvalue weighted by molar-refractivity contribution is 7.99. The SMILES string of the molecule is CSC1CC(n2cc(-c3ncnc4oc(C)cc34)c(-c3ccc(F)cc3)n2)C1. The molecule has 5 nitrogen and oxygen atoms in total. The number of rotatable bonds is 4. The minimum absolute atomic E-state index is 0.263. The van der Waals surface area contributed by atoms with E-state index in [0.717, 1.165) is 46.5 Å². The number of hydrogen-bond acceptors (Lipinski definition) is 5. The van der Waals surface area contributed by atoms with Crippen LogP contribution in [0.2, 0.25) is 0 Å². The number of aromatic nitrogens is 4. The van der Waals surface area contributed by atoms with Gasteiger partial charge in [0.25, 0.3) is 0 Å². The third-order valence-corrected chi connectivity index (χ3v) is 6.39. The zero-order valence-corrected chi connectivity index (χ0v) is 16.4. The highest BCUT2D eigenvalue weighted by atomic mass is 32.2. The first-order valence-electron chi connectivity index (χ1n) is 9.22. The number of fused-ring (bicyclic) bond motifs is 1. The van der Waals surface area contributed by atoms with Crippen LogP contribution in [0.4, 0.5) is 4.39 Å². The van der Waals surface area contributed by atoms with Gasteiger partial charge in [0, 0.05) is 22.6 Å². The second-order valence-electron chi connectivity index (χ2n) is 7.16. The first-order chi connectivity index (χ1) is 13.6. The number of hydrogen-bond donors (Lipinski definition) is 0. The Morgan fingerprint density at radius 2 is 1.93 bits per heavy atom. The van der Waals surface area contributed by atoms with E-state index in [4.69, 9.17) is 9.52 Å². The lowest BCUT2D eigenvalue weighted by Crippen LogP contribution is -2.28. The zero-order valence-electron chi connectivity index (χ0n) is 15.6. The molecule has 0 atom stereocenters. The van der Waals surface area contributed by atoms with Crippen LogP contribution in [0.25, 0.3) is 33.6 Å². The van der Waals surface area contributed by atoms with Crippen molar-refractivity contribution in [3.05, 3.63) is 54.4 Å². The number of aryl methyl sites for hydroxylation is 1. The van der Waals surface area contributed by atoms with E-state index >= 15 is 0 Å². The second-order valence-corrected chi connectivity index (χ2v) is 8.30. The Hall–Kier alpha value is -2.67. The fourth-order valence-corrected chi connectivity index (χ4v) is 4.54. The van der Waals surface area contributed by atoms with Crippen molar-refractivity contribution < 1.29 is 8.81 Å². The molecular formula is C21H19FN4OS.